The summed E-state index contributed by atoms with van der Waals surface area (Å²) in [4.78, 5) is 17.4. The molecule has 0 saturated carbocycles. The third-order valence-electron chi connectivity index (χ3n) is 3.95. The van der Waals surface area contributed by atoms with Gasteiger partial charge < -0.3 is 14.6 Å². The molecule has 1 aliphatic heterocycles. The van der Waals surface area contributed by atoms with Crippen molar-refractivity contribution in [3.8, 4) is 5.75 Å². The Morgan fingerprint density at radius 2 is 2.04 bits per heavy atom. The molecule has 26 heavy (non-hydrogen) atoms. The summed E-state index contributed by atoms with van der Waals surface area (Å²) in [5.41, 5.74) is 2.98. The summed E-state index contributed by atoms with van der Waals surface area (Å²) in [6, 6.07) is 9.97. The van der Waals surface area contributed by atoms with Gasteiger partial charge >= 0.3 is 0 Å². The Labute approximate surface area is 158 Å². The van der Waals surface area contributed by atoms with Crippen molar-refractivity contribution in [1.29, 1.82) is 0 Å². The topological polar surface area (TPSA) is 55.6 Å². The Kier molecular flexibility index (Phi) is 5.52. The quantitative estimate of drug-likeness (QED) is 0.780. The number of nitrogens with zero attached hydrogens (tertiary/aromatic N) is 2. The zero-order valence-electron chi connectivity index (χ0n) is 15.4. The van der Waals surface area contributed by atoms with Crippen LogP contribution in [0.1, 0.15) is 38.1 Å². The van der Waals surface area contributed by atoms with Crippen LogP contribution >= 0.6 is 11.8 Å². The number of aryl methyl sites for hydroxylation is 1. The molecule has 0 atom stereocenters. The summed E-state index contributed by atoms with van der Waals surface area (Å²) in [7, 11) is 0. The highest BCUT2D eigenvalue weighted by Gasteiger charge is 2.24. The number of nitrogens with one attached hydrogen (secondary N) is 1. The number of hydrogen-bond donors (Lipinski definition) is 1. The van der Waals surface area contributed by atoms with Crippen LogP contribution in [0, 0.1) is 6.92 Å². The highest BCUT2D eigenvalue weighted by molar-refractivity contribution is 8.18. The fraction of sp³-hybridized carbons (Fsp3) is 0.300. The van der Waals surface area contributed by atoms with Crippen LogP contribution in [0.5, 0.6) is 5.75 Å². The van der Waals surface area contributed by atoms with Gasteiger partial charge in [-0.3, -0.25) is 4.79 Å². The van der Waals surface area contributed by atoms with Gasteiger partial charge in [-0.2, -0.15) is 0 Å². The molecule has 1 saturated heterocycles. The third-order valence-corrected chi connectivity index (χ3v) is 4.86. The number of thioether (sulfide) groups is 1. The first-order valence-corrected chi connectivity index (χ1v) is 9.49. The SMILES string of the molecule is CCOc1ccc(N=C2NC(=O)/C(=C\c3cc(C)n(C(C)C)c3)S2)cc1. The van der Waals surface area contributed by atoms with Gasteiger partial charge in [0.25, 0.3) is 5.91 Å². The molecule has 1 fully saturated rings. The van der Waals surface area contributed by atoms with E-state index in [9.17, 15) is 4.79 Å². The second-order valence-corrected chi connectivity index (χ2v) is 7.36. The second kappa shape index (κ2) is 7.83. The highest BCUT2D eigenvalue weighted by Crippen LogP contribution is 2.29. The number of amidine groups is 1. The summed E-state index contributed by atoms with van der Waals surface area (Å²) in [5.74, 6) is 0.694. The number of carbonyl (C=O) groups excluding carboxylic acids is 1. The number of carbonyl (C=O) groups is 1. The van der Waals surface area contributed by atoms with Crippen LogP contribution in [0.3, 0.4) is 0 Å². The molecule has 2 heterocycles. The molecule has 0 spiro atoms. The van der Waals surface area contributed by atoms with Crippen molar-refractivity contribution >= 4 is 34.6 Å². The summed E-state index contributed by atoms with van der Waals surface area (Å²) in [6.07, 6.45) is 3.98. The van der Waals surface area contributed by atoms with Gasteiger partial charge in [-0.1, -0.05) is 0 Å². The zero-order chi connectivity index (χ0) is 18.7. The van der Waals surface area contributed by atoms with Gasteiger partial charge in [-0.05, 0) is 81.4 Å². The monoisotopic (exact) mass is 369 g/mol. The molecular weight excluding hydrogens is 346 g/mol. The van der Waals surface area contributed by atoms with E-state index in [1.165, 1.54) is 17.5 Å². The minimum absolute atomic E-state index is 0.116. The molecule has 1 aromatic carbocycles. The predicted molar refractivity (Wildman–Crippen MR) is 108 cm³/mol. The first-order chi connectivity index (χ1) is 12.5. The van der Waals surface area contributed by atoms with Gasteiger partial charge in [0.2, 0.25) is 0 Å². The van der Waals surface area contributed by atoms with Crippen LogP contribution in [0.15, 0.2) is 46.4 Å². The molecule has 0 radical (unpaired) electrons. The molecule has 0 bridgehead atoms. The standard InChI is InChI=1S/C20H23N3O2S/c1-5-25-17-8-6-16(7-9-17)21-20-22-19(24)18(26-20)11-15-10-14(4)23(12-15)13(2)3/h6-13H,5H2,1-4H3,(H,21,22,24)/b18-11+. The van der Waals surface area contributed by atoms with Gasteiger partial charge in [0.05, 0.1) is 17.2 Å². The van der Waals surface area contributed by atoms with Crippen LogP contribution in [-0.4, -0.2) is 22.2 Å². The Morgan fingerprint density at radius 3 is 2.65 bits per heavy atom. The maximum Gasteiger partial charge on any atom is 0.264 e. The molecule has 3 rings (SSSR count). The molecule has 136 valence electrons. The first kappa shape index (κ1) is 18.3. The predicted octanol–water partition coefficient (Wildman–Crippen LogP) is 4.67. The summed E-state index contributed by atoms with van der Waals surface area (Å²) in [6.45, 7) is 8.93. The van der Waals surface area contributed by atoms with Crippen LogP contribution < -0.4 is 10.1 Å². The lowest BCUT2D eigenvalue weighted by Gasteiger charge is -2.08. The van der Waals surface area contributed by atoms with E-state index < -0.39 is 0 Å². The van der Waals surface area contributed by atoms with Gasteiger partial charge in [0.1, 0.15) is 5.75 Å². The lowest BCUT2D eigenvalue weighted by molar-refractivity contribution is -0.115. The number of aliphatic imine (C=N–C) groups is 1. The van der Waals surface area contributed by atoms with Crippen LogP contribution in [-0.2, 0) is 4.79 Å². The van der Waals surface area contributed by atoms with Crippen molar-refractivity contribution in [3.63, 3.8) is 0 Å². The van der Waals surface area contributed by atoms with E-state index in [0.717, 1.165) is 17.0 Å². The Bertz CT molecular complexity index is 864. The number of rotatable bonds is 5. The molecule has 1 N–H and O–H groups in total. The molecule has 2 aromatic rings. The van der Waals surface area contributed by atoms with E-state index in [4.69, 9.17) is 4.74 Å². The van der Waals surface area contributed by atoms with E-state index >= 15 is 0 Å². The van der Waals surface area contributed by atoms with Gasteiger partial charge in [0, 0.05) is 17.9 Å². The second-order valence-electron chi connectivity index (χ2n) is 6.32. The fourth-order valence-electron chi connectivity index (χ4n) is 2.78. The lowest BCUT2D eigenvalue weighted by atomic mass is 10.3. The van der Waals surface area contributed by atoms with Gasteiger partial charge in [0.15, 0.2) is 5.17 Å². The van der Waals surface area contributed by atoms with E-state index in [2.05, 4.69) is 47.9 Å². The van der Waals surface area contributed by atoms with E-state index in [1.807, 2.05) is 37.3 Å². The molecule has 1 aromatic heterocycles. The van der Waals surface area contributed by atoms with Crippen molar-refractivity contribution in [2.45, 2.75) is 33.7 Å². The normalized spacial score (nSPS) is 17.3. The van der Waals surface area contributed by atoms with Gasteiger partial charge in [-0.15, -0.1) is 0 Å². The minimum atomic E-state index is -0.116. The number of ether oxygens (including phenoxy) is 1. The molecule has 1 aliphatic rings. The number of aromatic nitrogens is 1. The molecule has 6 heteroatoms. The Balaban J connectivity index is 1.76. The number of benzene rings is 1. The maximum absolute atomic E-state index is 12.2. The fourth-order valence-corrected chi connectivity index (χ4v) is 3.63. The average Bonchev–Trinajstić information content (AvgIpc) is 3.12. The number of amides is 1. The van der Waals surface area contributed by atoms with Crippen molar-refractivity contribution in [1.82, 2.24) is 9.88 Å². The third kappa shape index (κ3) is 4.19. The van der Waals surface area contributed by atoms with Gasteiger partial charge in [-0.25, -0.2) is 4.99 Å². The minimum Gasteiger partial charge on any atom is -0.494 e. The summed E-state index contributed by atoms with van der Waals surface area (Å²) < 4.78 is 7.62. The van der Waals surface area contributed by atoms with Crippen LogP contribution in [0.2, 0.25) is 0 Å². The van der Waals surface area contributed by atoms with E-state index in [1.54, 1.807) is 0 Å². The van der Waals surface area contributed by atoms with Crippen molar-refractivity contribution in [2.24, 2.45) is 4.99 Å². The summed E-state index contributed by atoms with van der Waals surface area (Å²) in [5, 5.41) is 3.41. The van der Waals surface area contributed by atoms with Crippen molar-refractivity contribution in [2.75, 3.05) is 6.61 Å². The Morgan fingerprint density at radius 1 is 1.31 bits per heavy atom. The van der Waals surface area contributed by atoms with Crippen LogP contribution in [0.4, 0.5) is 5.69 Å². The molecule has 0 aliphatic carbocycles. The average molecular weight is 369 g/mol. The van der Waals surface area contributed by atoms with E-state index in [0.29, 0.717) is 22.7 Å². The summed E-state index contributed by atoms with van der Waals surface area (Å²) >= 11 is 1.36. The first-order valence-electron chi connectivity index (χ1n) is 8.67. The van der Waals surface area contributed by atoms with Crippen molar-refractivity contribution < 1.29 is 9.53 Å². The molecule has 1 amide bonds. The maximum atomic E-state index is 12.2. The molecule has 0 unspecified atom stereocenters. The molecule has 5 nitrogen and oxygen atoms in total. The molecular formula is C20H23N3O2S. The Hall–Kier alpha value is -2.47. The smallest absolute Gasteiger partial charge is 0.264 e. The van der Waals surface area contributed by atoms with Crippen molar-refractivity contribution in [3.05, 3.63) is 52.7 Å². The largest absolute Gasteiger partial charge is 0.494 e. The highest BCUT2D eigenvalue weighted by atomic mass is 32.2. The van der Waals surface area contributed by atoms with E-state index in [-0.39, 0.29) is 5.91 Å². The van der Waals surface area contributed by atoms with Crippen LogP contribution in [0.25, 0.3) is 6.08 Å². The zero-order valence-corrected chi connectivity index (χ0v) is 16.3. The lowest BCUT2D eigenvalue weighted by Crippen LogP contribution is -2.19. The number of hydrogen-bond acceptors (Lipinski definition) is 4.